The maximum atomic E-state index is 12.9. The second-order valence-electron chi connectivity index (χ2n) is 5.65. The van der Waals surface area contributed by atoms with Gasteiger partial charge in [0, 0.05) is 23.7 Å². The Kier molecular flexibility index (Phi) is 5.53. The van der Waals surface area contributed by atoms with E-state index >= 15 is 0 Å². The van der Waals surface area contributed by atoms with Gasteiger partial charge in [-0.25, -0.2) is 4.39 Å². The number of amides is 1. The molecule has 26 heavy (non-hydrogen) atoms. The summed E-state index contributed by atoms with van der Waals surface area (Å²) in [6.45, 7) is 2.66. The molecule has 1 amide bonds. The van der Waals surface area contributed by atoms with Crippen LogP contribution in [0.1, 0.15) is 23.7 Å². The third-order valence-corrected chi connectivity index (χ3v) is 3.65. The molecule has 0 bridgehead atoms. The number of halogens is 1. The van der Waals surface area contributed by atoms with Crippen LogP contribution in [0.15, 0.2) is 60.7 Å². The fourth-order valence-corrected chi connectivity index (χ4v) is 2.28. The summed E-state index contributed by atoms with van der Waals surface area (Å²) in [4.78, 5) is 11.9. The molecule has 1 aromatic heterocycles. The molecule has 3 rings (SSSR count). The van der Waals surface area contributed by atoms with Crippen molar-refractivity contribution in [3.63, 3.8) is 0 Å². The Labute approximate surface area is 150 Å². The lowest BCUT2D eigenvalue weighted by Crippen LogP contribution is -2.23. The molecule has 3 aromatic rings. The summed E-state index contributed by atoms with van der Waals surface area (Å²) >= 11 is 0. The molecule has 132 valence electrons. The van der Waals surface area contributed by atoms with Gasteiger partial charge in [0.25, 0.3) is 5.91 Å². The number of hydrogen-bond acceptors (Lipinski definition) is 4. The molecule has 0 aliphatic heterocycles. The van der Waals surface area contributed by atoms with Gasteiger partial charge < -0.3 is 10.1 Å². The highest BCUT2D eigenvalue weighted by atomic mass is 19.1. The van der Waals surface area contributed by atoms with E-state index in [4.69, 9.17) is 4.74 Å². The fourth-order valence-electron chi connectivity index (χ4n) is 2.28. The molecule has 0 aliphatic rings. The van der Waals surface area contributed by atoms with Gasteiger partial charge in [0.05, 0.1) is 5.69 Å². The average Bonchev–Trinajstić information content (AvgIpc) is 2.68. The lowest BCUT2D eigenvalue weighted by molar-refractivity contribution is 0.0953. The minimum atomic E-state index is -0.328. The van der Waals surface area contributed by atoms with Crippen LogP contribution in [0.25, 0.3) is 11.3 Å². The first kappa shape index (κ1) is 17.5. The highest BCUT2D eigenvalue weighted by Gasteiger charge is 2.07. The van der Waals surface area contributed by atoms with E-state index in [-0.39, 0.29) is 11.7 Å². The third-order valence-electron chi connectivity index (χ3n) is 3.65. The molecule has 6 heteroatoms. The topological polar surface area (TPSA) is 64.1 Å². The minimum Gasteiger partial charge on any atom is -0.438 e. The van der Waals surface area contributed by atoms with Gasteiger partial charge >= 0.3 is 0 Å². The fraction of sp³-hybridized carbons (Fsp3) is 0.150. The molecule has 0 saturated carbocycles. The largest absolute Gasteiger partial charge is 0.438 e. The standard InChI is InChI=1S/C20H18FN3O2/c1-2-13-22-20(25)15-5-3-14(4-6-15)18-11-12-19(24-23-18)26-17-9-7-16(21)8-10-17/h3-12H,2,13H2,1H3,(H,22,25). The van der Waals surface area contributed by atoms with Gasteiger partial charge in [-0.05, 0) is 48.9 Å². The molecule has 0 unspecified atom stereocenters. The van der Waals surface area contributed by atoms with Crippen molar-refractivity contribution in [2.75, 3.05) is 6.54 Å². The predicted molar refractivity (Wildman–Crippen MR) is 96.6 cm³/mol. The highest BCUT2D eigenvalue weighted by Crippen LogP contribution is 2.22. The molecule has 2 aromatic carbocycles. The van der Waals surface area contributed by atoms with Crippen LogP contribution in [0, 0.1) is 5.82 Å². The highest BCUT2D eigenvalue weighted by molar-refractivity contribution is 5.94. The summed E-state index contributed by atoms with van der Waals surface area (Å²) < 4.78 is 18.4. The van der Waals surface area contributed by atoms with E-state index in [1.54, 1.807) is 24.3 Å². The van der Waals surface area contributed by atoms with Crippen LogP contribution in [0.2, 0.25) is 0 Å². The van der Waals surface area contributed by atoms with Crippen LogP contribution in [0.5, 0.6) is 11.6 Å². The quantitative estimate of drug-likeness (QED) is 0.722. The van der Waals surface area contributed by atoms with Crippen LogP contribution in [0.4, 0.5) is 4.39 Å². The SMILES string of the molecule is CCCNC(=O)c1ccc(-c2ccc(Oc3ccc(F)cc3)nn2)cc1. The van der Waals surface area contributed by atoms with Gasteiger partial charge in [-0.2, -0.15) is 0 Å². The van der Waals surface area contributed by atoms with Crippen LogP contribution < -0.4 is 10.1 Å². The van der Waals surface area contributed by atoms with Gasteiger partial charge in [-0.1, -0.05) is 19.1 Å². The number of carbonyl (C=O) groups is 1. The molecule has 0 atom stereocenters. The normalized spacial score (nSPS) is 10.4. The average molecular weight is 351 g/mol. The molecule has 0 saturated heterocycles. The monoisotopic (exact) mass is 351 g/mol. The zero-order valence-electron chi connectivity index (χ0n) is 14.3. The van der Waals surface area contributed by atoms with Crippen LogP contribution in [-0.2, 0) is 0 Å². The Bertz CT molecular complexity index is 863. The maximum absolute atomic E-state index is 12.9. The van der Waals surface area contributed by atoms with Gasteiger partial charge in [-0.3, -0.25) is 4.79 Å². The van der Waals surface area contributed by atoms with E-state index in [2.05, 4.69) is 15.5 Å². The van der Waals surface area contributed by atoms with E-state index in [1.165, 1.54) is 24.3 Å². The van der Waals surface area contributed by atoms with Crippen molar-refractivity contribution in [1.29, 1.82) is 0 Å². The van der Waals surface area contributed by atoms with Crippen molar-refractivity contribution in [3.05, 3.63) is 72.0 Å². The van der Waals surface area contributed by atoms with Crippen molar-refractivity contribution < 1.29 is 13.9 Å². The van der Waals surface area contributed by atoms with Crippen LogP contribution in [0.3, 0.4) is 0 Å². The summed E-state index contributed by atoms with van der Waals surface area (Å²) in [7, 11) is 0. The molecule has 5 nitrogen and oxygen atoms in total. The summed E-state index contributed by atoms with van der Waals surface area (Å²) in [5.41, 5.74) is 2.11. The van der Waals surface area contributed by atoms with Crippen molar-refractivity contribution in [2.45, 2.75) is 13.3 Å². The molecule has 1 heterocycles. The predicted octanol–water partition coefficient (Wildman–Crippen LogP) is 4.21. The van der Waals surface area contributed by atoms with Crippen LogP contribution in [-0.4, -0.2) is 22.6 Å². The van der Waals surface area contributed by atoms with E-state index in [9.17, 15) is 9.18 Å². The Morgan fingerprint density at radius 2 is 1.73 bits per heavy atom. The number of hydrogen-bond donors (Lipinski definition) is 1. The molecule has 0 spiro atoms. The summed E-state index contributed by atoms with van der Waals surface area (Å²) in [5.74, 6) is 0.380. The Morgan fingerprint density at radius 1 is 1.00 bits per heavy atom. The van der Waals surface area contributed by atoms with Gasteiger partial charge in [0.15, 0.2) is 0 Å². The number of nitrogens with zero attached hydrogens (tertiary/aromatic N) is 2. The third kappa shape index (κ3) is 4.42. The molecule has 0 fully saturated rings. The number of rotatable bonds is 6. The number of benzene rings is 2. The Morgan fingerprint density at radius 3 is 2.35 bits per heavy atom. The van der Waals surface area contributed by atoms with Crippen molar-refractivity contribution in [1.82, 2.24) is 15.5 Å². The van der Waals surface area contributed by atoms with Gasteiger partial charge in [-0.15, -0.1) is 10.2 Å². The molecular weight excluding hydrogens is 333 g/mol. The smallest absolute Gasteiger partial charge is 0.251 e. The summed E-state index contributed by atoms with van der Waals surface area (Å²) in [6.07, 6.45) is 0.895. The van der Waals surface area contributed by atoms with E-state index in [1.807, 2.05) is 19.1 Å². The van der Waals surface area contributed by atoms with Gasteiger partial charge in [0.2, 0.25) is 5.88 Å². The van der Waals surface area contributed by atoms with E-state index < -0.39 is 0 Å². The van der Waals surface area contributed by atoms with Crippen LogP contribution >= 0.6 is 0 Å². The second-order valence-corrected chi connectivity index (χ2v) is 5.65. The lowest BCUT2D eigenvalue weighted by atomic mass is 10.1. The number of nitrogens with one attached hydrogen (secondary N) is 1. The van der Waals surface area contributed by atoms with Gasteiger partial charge in [0.1, 0.15) is 11.6 Å². The van der Waals surface area contributed by atoms with E-state index in [0.29, 0.717) is 29.4 Å². The molecule has 1 N–H and O–H groups in total. The van der Waals surface area contributed by atoms with E-state index in [0.717, 1.165) is 12.0 Å². The molecule has 0 aliphatic carbocycles. The summed E-state index contributed by atoms with van der Waals surface area (Å²) in [6, 6.07) is 16.3. The maximum Gasteiger partial charge on any atom is 0.251 e. The number of carbonyl (C=O) groups excluding carboxylic acids is 1. The minimum absolute atomic E-state index is 0.0903. The summed E-state index contributed by atoms with van der Waals surface area (Å²) in [5, 5.41) is 11.0. The zero-order chi connectivity index (χ0) is 18.4. The first-order chi connectivity index (χ1) is 12.7. The number of ether oxygens (including phenoxy) is 1. The first-order valence-electron chi connectivity index (χ1n) is 8.31. The Balaban J connectivity index is 1.68. The first-order valence-corrected chi connectivity index (χ1v) is 8.31. The second kappa shape index (κ2) is 8.20. The Hall–Kier alpha value is -3.28. The van der Waals surface area contributed by atoms with Crippen molar-refractivity contribution >= 4 is 5.91 Å². The van der Waals surface area contributed by atoms with Crippen molar-refractivity contribution in [2.24, 2.45) is 0 Å². The molecular formula is C20H18FN3O2. The zero-order valence-corrected chi connectivity index (χ0v) is 14.3. The number of aromatic nitrogens is 2. The van der Waals surface area contributed by atoms with Crippen molar-refractivity contribution in [3.8, 4) is 22.9 Å². The molecule has 0 radical (unpaired) electrons. The lowest BCUT2D eigenvalue weighted by Gasteiger charge is -2.06.